The topological polar surface area (TPSA) is 33.0 Å². The molecule has 2 heteroatoms. The molecule has 1 rings (SSSR count). The van der Waals surface area contributed by atoms with E-state index < -0.39 is 0 Å². The molecule has 2 nitrogen and oxygen atoms in total. The number of ether oxygens (including phenoxy) is 1. The van der Waals surface area contributed by atoms with Crippen LogP contribution in [0.2, 0.25) is 0 Å². The molecule has 1 aliphatic rings. The molecule has 1 unspecified atom stereocenters. The highest BCUT2D eigenvalue weighted by Gasteiger charge is 2.21. The summed E-state index contributed by atoms with van der Waals surface area (Å²) in [5.41, 5.74) is 0. The van der Waals surface area contributed by atoms with Crippen molar-refractivity contribution in [2.75, 3.05) is 6.61 Å². The third-order valence-electron chi connectivity index (χ3n) is 1.46. The molecule has 0 spiro atoms. The van der Waals surface area contributed by atoms with Gasteiger partial charge in [0, 0.05) is 0 Å². The molecule has 0 bridgehead atoms. The standard InChI is InChI=1S/C7H11NO/c1-6(4-8)9-5-7-2-3-7/h6-7H,2-3,5H2,1H3. The van der Waals surface area contributed by atoms with Crippen LogP contribution in [-0.2, 0) is 4.74 Å². The molecule has 0 radical (unpaired) electrons. The first-order chi connectivity index (χ1) is 4.33. The summed E-state index contributed by atoms with van der Waals surface area (Å²) in [6.07, 6.45) is 2.36. The second-order valence-electron chi connectivity index (χ2n) is 2.55. The molecule has 0 aromatic carbocycles. The van der Waals surface area contributed by atoms with Crippen molar-refractivity contribution in [2.45, 2.75) is 25.9 Å². The maximum absolute atomic E-state index is 8.29. The molecule has 0 amide bonds. The van der Waals surface area contributed by atoms with Crippen LogP contribution in [0.5, 0.6) is 0 Å². The molecule has 0 aromatic heterocycles. The van der Waals surface area contributed by atoms with Gasteiger partial charge in [0.2, 0.25) is 0 Å². The molecule has 1 atom stereocenters. The van der Waals surface area contributed by atoms with Gasteiger partial charge in [-0.1, -0.05) is 0 Å². The lowest BCUT2D eigenvalue weighted by Gasteiger charge is -2.01. The minimum atomic E-state index is -0.217. The van der Waals surface area contributed by atoms with E-state index in [1.165, 1.54) is 12.8 Å². The number of hydrogen-bond donors (Lipinski definition) is 0. The Bertz CT molecular complexity index is 123. The fourth-order valence-electron chi connectivity index (χ4n) is 0.602. The highest BCUT2D eigenvalue weighted by molar-refractivity contribution is 4.81. The third kappa shape index (κ3) is 2.48. The molecule has 0 N–H and O–H groups in total. The van der Waals surface area contributed by atoms with Gasteiger partial charge >= 0.3 is 0 Å². The van der Waals surface area contributed by atoms with Crippen LogP contribution in [0.4, 0.5) is 0 Å². The predicted octanol–water partition coefficient (Wildman–Crippen LogP) is 1.33. The highest BCUT2D eigenvalue weighted by atomic mass is 16.5. The van der Waals surface area contributed by atoms with Crippen molar-refractivity contribution in [1.29, 1.82) is 5.26 Å². The predicted molar refractivity (Wildman–Crippen MR) is 33.8 cm³/mol. The molecule has 1 fully saturated rings. The summed E-state index contributed by atoms with van der Waals surface area (Å²) >= 11 is 0. The zero-order chi connectivity index (χ0) is 6.69. The molecular weight excluding hydrogens is 114 g/mol. The fraction of sp³-hybridized carbons (Fsp3) is 0.857. The van der Waals surface area contributed by atoms with Crippen LogP contribution in [0.3, 0.4) is 0 Å². The van der Waals surface area contributed by atoms with Crippen LogP contribution in [0.15, 0.2) is 0 Å². The maximum atomic E-state index is 8.29. The van der Waals surface area contributed by atoms with E-state index in [2.05, 4.69) is 0 Å². The van der Waals surface area contributed by atoms with Crippen LogP contribution >= 0.6 is 0 Å². The summed E-state index contributed by atoms with van der Waals surface area (Å²) in [6.45, 7) is 2.57. The van der Waals surface area contributed by atoms with Crippen molar-refractivity contribution in [3.8, 4) is 6.07 Å². The lowest BCUT2D eigenvalue weighted by atomic mass is 10.4. The van der Waals surface area contributed by atoms with E-state index in [9.17, 15) is 0 Å². The summed E-state index contributed by atoms with van der Waals surface area (Å²) in [5.74, 6) is 0.765. The van der Waals surface area contributed by atoms with Gasteiger partial charge in [0.1, 0.15) is 6.10 Å². The Morgan fingerprint density at radius 1 is 1.78 bits per heavy atom. The molecule has 0 heterocycles. The van der Waals surface area contributed by atoms with Crippen LogP contribution in [0.25, 0.3) is 0 Å². The van der Waals surface area contributed by atoms with E-state index in [0.29, 0.717) is 0 Å². The van der Waals surface area contributed by atoms with Crippen LogP contribution in [-0.4, -0.2) is 12.7 Å². The summed E-state index contributed by atoms with van der Waals surface area (Å²) in [5, 5.41) is 8.29. The average Bonchev–Trinajstić information content (AvgIpc) is 2.65. The average molecular weight is 125 g/mol. The van der Waals surface area contributed by atoms with Crippen LogP contribution in [0, 0.1) is 17.2 Å². The van der Waals surface area contributed by atoms with E-state index >= 15 is 0 Å². The Labute approximate surface area is 55.4 Å². The van der Waals surface area contributed by atoms with E-state index in [4.69, 9.17) is 10.00 Å². The second-order valence-corrected chi connectivity index (χ2v) is 2.55. The van der Waals surface area contributed by atoms with Gasteiger partial charge in [-0.05, 0) is 25.7 Å². The Hall–Kier alpha value is -0.550. The highest BCUT2D eigenvalue weighted by Crippen LogP contribution is 2.28. The smallest absolute Gasteiger partial charge is 0.141 e. The first-order valence-electron chi connectivity index (χ1n) is 3.34. The number of rotatable bonds is 3. The lowest BCUT2D eigenvalue weighted by Crippen LogP contribution is -2.06. The minimum Gasteiger partial charge on any atom is -0.363 e. The Morgan fingerprint density at radius 3 is 2.89 bits per heavy atom. The minimum absolute atomic E-state index is 0.217. The molecule has 1 saturated carbocycles. The zero-order valence-corrected chi connectivity index (χ0v) is 5.63. The van der Waals surface area contributed by atoms with Crippen molar-refractivity contribution >= 4 is 0 Å². The van der Waals surface area contributed by atoms with E-state index in [0.717, 1.165) is 12.5 Å². The number of nitrogens with zero attached hydrogens (tertiary/aromatic N) is 1. The van der Waals surface area contributed by atoms with Gasteiger partial charge in [0.25, 0.3) is 0 Å². The van der Waals surface area contributed by atoms with Gasteiger partial charge in [0.05, 0.1) is 12.7 Å². The molecule has 0 saturated heterocycles. The van der Waals surface area contributed by atoms with E-state index in [1.807, 2.05) is 6.07 Å². The zero-order valence-electron chi connectivity index (χ0n) is 5.63. The Balaban J connectivity index is 1.97. The van der Waals surface area contributed by atoms with Gasteiger partial charge in [-0.25, -0.2) is 0 Å². The summed E-state index contributed by atoms with van der Waals surface area (Å²) in [4.78, 5) is 0. The molecular formula is C7H11NO. The fourth-order valence-corrected chi connectivity index (χ4v) is 0.602. The van der Waals surface area contributed by atoms with Crippen molar-refractivity contribution in [3.63, 3.8) is 0 Å². The van der Waals surface area contributed by atoms with Gasteiger partial charge in [0.15, 0.2) is 0 Å². The van der Waals surface area contributed by atoms with Crippen molar-refractivity contribution < 1.29 is 4.74 Å². The van der Waals surface area contributed by atoms with Crippen molar-refractivity contribution in [1.82, 2.24) is 0 Å². The molecule has 0 aromatic rings. The summed E-state index contributed by atoms with van der Waals surface area (Å²) < 4.78 is 5.15. The van der Waals surface area contributed by atoms with Crippen molar-refractivity contribution in [2.24, 2.45) is 5.92 Å². The Kier molecular flexibility index (Phi) is 2.07. The van der Waals surface area contributed by atoms with Gasteiger partial charge in [-0.15, -0.1) is 0 Å². The number of hydrogen-bond acceptors (Lipinski definition) is 2. The quantitative estimate of drug-likeness (QED) is 0.570. The largest absolute Gasteiger partial charge is 0.363 e. The van der Waals surface area contributed by atoms with E-state index in [-0.39, 0.29) is 6.10 Å². The molecule has 1 aliphatic carbocycles. The Morgan fingerprint density at radius 2 is 2.44 bits per heavy atom. The van der Waals surface area contributed by atoms with Gasteiger partial charge < -0.3 is 4.74 Å². The lowest BCUT2D eigenvalue weighted by molar-refractivity contribution is 0.0933. The van der Waals surface area contributed by atoms with Crippen LogP contribution < -0.4 is 0 Å². The van der Waals surface area contributed by atoms with Crippen LogP contribution in [0.1, 0.15) is 19.8 Å². The molecule has 50 valence electrons. The summed E-state index contributed by atoms with van der Waals surface area (Å²) in [6, 6.07) is 2.03. The van der Waals surface area contributed by atoms with Crippen molar-refractivity contribution in [3.05, 3.63) is 0 Å². The third-order valence-corrected chi connectivity index (χ3v) is 1.46. The molecule has 0 aliphatic heterocycles. The number of nitriles is 1. The normalized spacial score (nSPS) is 20.9. The maximum Gasteiger partial charge on any atom is 0.141 e. The first kappa shape index (κ1) is 6.57. The van der Waals surface area contributed by atoms with Gasteiger partial charge in [-0.2, -0.15) is 5.26 Å². The van der Waals surface area contributed by atoms with Gasteiger partial charge in [-0.3, -0.25) is 0 Å². The summed E-state index contributed by atoms with van der Waals surface area (Å²) in [7, 11) is 0. The van der Waals surface area contributed by atoms with E-state index in [1.54, 1.807) is 6.92 Å². The second kappa shape index (κ2) is 2.84. The monoisotopic (exact) mass is 125 g/mol. The molecule has 9 heavy (non-hydrogen) atoms. The first-order valence-corrected chi connectivity index (χ1v) is 3.34. The SMILES string of the molecule is CC(C#N)OCC1CC1.